The smallest absolute Gasteiger partial charge is 0.251 e. The van der Waals surface area contributed by atoms with Crippen molar-refractivity contribution in [3.05, 3.63) is 52.0 Å². The highest BCUT2D eigenvalue weighted by molar-refractivity contribution is 7.09. The van der Waals surface area contributed by atoms with Crippen LogP contribution < -0.4 is 11.1 Å². The molecule has 0 aliphatic heterocycles. The number of hydrogen-bond acceptors (Lipinski definition) is 3. The summed E-state index contributed by atoms with van der Waals surface area (Å²) < 4.78 is 13.2. The molecular formula is C12H11FN2OS. The molecule has 0 aliphatic rings. The summed E-state index contributed by atoms with van der Waals surface area (Å²) >= 11 is 1.56. The number of carbonyl (C=O) groups excluding carboxylic acids is 1. The number of amides is 1. The van der Waals surface area contributed by atoms with E-state index in [2.05, 4.69) is 5.32 Å². The quantitative estimate of drug-likeness (QED) is 0.822. The molecule has 0 bridgehead atoms. The zero-order valence-corrected chi connectivity index (χ0v) is 9.76. The van der Waals surface area contributed by atoms with Gasteiger partial charge in [0.2, 0.25) is 0 Å². The zero-order chi connectivity index (χ0) is 12.3. The SMILES string of the molecule is Nc1ccc(C(=O)NCc2cccs2)cc1F. The summed E-state index contributed by atoms with van der Waals surface area (Å²) in [6.45, 7) is 0.447. The Morgan fingerprint density at radius 2 is 2.24 bits per heavy atom. The lowest BCUT2D eigenvalue weighted by Gasteiger charge is -2.04. The number of nitrogen functional groups attached to an aromatic ring is 1. The van der Waals surface area contributed by atoms with Crippen LogP contribution in [0.15, 0.2) is 35.7 Å². The van der Waals surface area contributed by atoms with Gasteiger partial charge in [0.25, 0.3) is 5.91 Å². The van der Waals surface area contributed by atoms with Crippen LogP contribution in [-0.2, 0) is 6.54 Å². The summed E-state index contributed by atoms with van der Waals surface area (Å²) in [6.07, 6.45) is 0. The molecule has 2 rings (SSSR count). The third kappa shape index (κ3) is 2.82. The molecule has 0 fully saturated rings. The van der Waals surface area contributed by atoms with Gasteiger partial charge in [-0.05, 0) is 29.6 Å². The van der Waals surface area contributed by atoms with Crippen LogP contribution in [-0.4, -0.2) is 5.91 Å². The average Bonchev–Trinajstić information content (AvgIpc) is 2.82. The Hall–Kier alpha value is -1.88. The molecule has 1 heterocycles. The third-order valence-electron chi connectivity index (χ3n) is 2.27. The van der Waals surface area contributed by atoms with Crippen molar-refractivity contribution in [1.29, 1.82) is 0 Å². The van der Waals surface area contributed by atoms with Crippen molar-refractivity contribution in [3.63, 3.8) is 0 Å². The Morgan fingerprint density at radius 1 is 1.41 bits per heavy atom. The molecule has 3 nitrogen and oxygen atoms in total. The van der Waals surface area contributed by atoms with Crippen LogP contribution in [0.25, 0.3) is 0 Å². The number of thiophene rings is 1. The van der Waals surface area contributed by atoms with Crippen molar-refractivity contribution in [2.75, 3.05) is 5.73 Å². The van der Waals surface area contributed by atoms with E-state index in [0.29, 0.717) is 6.54 Å². The van der Waals surface area contributed by atoms with Crippen LogP contribution in [0, 0.1) is 5.82 Å². The first-order chi connectivity index (χ1) is 8.16. The second-order valence-corrected chi connectivity index (χ2v) is 4.53. The number of rotatable bonds is 3. The van der Waals surface area contributed by atoms with Crippen LogP contribution in [0.2, 0.25) is 0 Å². The highest BCUT2D eigenvalue weighted by atomic mass is 32.1. The van der Waals surface area contributed by atoms with Crippen LogP contribution in [0.4, 0.5) is 10.1 Å². The molecule has 1 amide bonds. The minimum Gasteiger partial charge on any atom is -0.396 e. The van der Waals surface area contributed by atoms with Gasteiger partial charge in [0.15, 0.2) is 0 Å². The van der Waals surface area contributed by atoms with E-state index < -0.39 is 5.82 Å². The highest BCUT2D eigenvalue weighted by Gasteiger charge is 2.08. The Kier molecular flexibility index (Phi) is 3.39. The van der Waals surface area contributed by atoms with E-state index in [1.807, 2.05) is 17.5 Å². The Bertz CT molecular complexity index is 525. The number of nitrogens with two attached hydrogens (primary N) is 1. The Labute approximate surface area is 102 Å². The topological polar surface area (TPSA) is 55.1 Å². The molecule has 2 aromatic rings. The maximum atomic E-state index is 13.2. The van der Waals surface area contributed by atoms with Gasteiger partial charge >= 0.3 is 0 Å². The van der Waals surface area contributed by atoms with Crippen LogP contribution in [0.1, 0.15) is 15.2 Å². The van der Waals surface area contributed by atoms with Crippen LogP contribution in [0.5, 0.6) is 0 Å². The summed E-state index contributed by atoms with van der Waals surface area (Å²) in [6, 6.07) is 7.86. The van der Waals surface area contributed by atoms with Gasteiger partial charge in [-0.1, -0.05) is 6.07 Å². The standard InChI is InChI=1S/C12H11FN2OS/c13-10-6-8(3-4-11(10)14)12(16)15-7-9-2-1-5-17-9/h1-6H,7,14H2,(H,15,16). The molecule has 0 atom stereocenters. The van der Waals surface area contributed by atoms with Gasteiger partial charge in [-0.2, -0.15) is 0 Å². The molecule has 1 aromatic carbocycles. The fourth-order valence-corrected chi connectivity index (χ4v) is 2.00. The van der Waals surface area contributed by atoms with E-state index in [4.69, 9.17) is 5.73 Å². The normalized spacial score (nSPS) is 10.2. The predicted molar refractivity (Wildman–Crippen MR) is 66.3 cm³/mol. The lowest BCUT2D eigenvalue weighted by atomic mass is 10.2. The van der Waals surface area contributed by atoms with Crippen molar-refractivity contribution in [1.82, 2.24) is 5.32 Å². The molecule has 17 heavy (non-hydrogen) atoms. The second kappa shape index (κ2) is 4.97. The number of halogens is 1. The summed E-state index contributed by atoms with van der Waals surface area (Å²) in [5, 5.41) is 4.65. The van der Waals surface area contributed by atoms with Gasteiger partial charge in [0.05, 0.1) is 12.2 Å². The second-order valence-electron chi connectivity index (χ2n) is 3.50. The van der Waals surface area contributed by atoms with Gasteiger partial charge in [-0.15, -0.1) is 11.3 Å². The van der Waals surface area contributed by atoms with Crippen LogP contribution in [0.3, 0.4) is 0 Å². The molecule has 3 N–H and O–H groups in total. The Morgan fingerprint density at radius 3 is 2.88 bits per heavy atom. The number of anilines is 1. The summed E-state index contributed by atoms with van der Waals surface area (Å²) in [5.41, 5.74) is 5.65. The van der Waals surface area contributed by atoms with Gasteiger partial charge in [0.1, 0.15) is 5.82 Å². The molecule has 88 valence electrons. The first kappa shape index (κ1) is 11.6. The van der Waals surface area contributed by atoms with Crippen molar-refractivity contribution in [2.45, 2.75) is 6.54 Å². The molecule has 1 aromatic heterocycles. The molecule has 5 heteroatoms. The first-order valence-corrected chi connectivity index (χ1v) is 5.90. The summed E-state index contributed by atoms with van der Waals surface area (Å²) in [5.74, 6) is -0.883. The van der Waals surface area contributed by atoms with Crippen molar-refractivity contribution < 1.29 is 9.18 Å². The number of hydrogen-bond donors (Lipinski definition) is 2. The maximum absolute atomic E-state index is 13.2. The fourth-order valence-electron chi connectivity index (χ4n) is 1.35. The number of nitrogens with one attached hydrogen (secondary N) is 1. The average molecular weight is 250 g/mol. The molecule has 0 saturated carbocycles. The van der Waals surface area contributed by atoms with E-state index in [-0.39, 0.29) is 17.2 Å². The van der Waals surface area contributed by atoms with Gasteiger partial charge in [0, 0.05) is 10.4 Å². The molecule has 0 aliphatic carbocycles. The maximum Gasteiger partial charge on any atom is 0.251 e. The zero-order valence-electron chi connectivity index (χ0n) is 8.94. The number of carbonyl (C=O) groups is 1. The fraction of sp³-hybridized carbons (Fsp3) is 0.0833. The molecular weight excluding hydrogens is 239 g/mol. The lowest BCUT2D eigenvalue weighted by Crippen LogP contribution is -2.22. The van der Waals surface area contributed by atoms with Crippen molar-refractivity contribution >= 4 is 22.9 Å². The van der Waals surface area contributed by atoms with E-state index >= 15 is 0 Å². The monoisotopic (exact) mass is 250 g/mol. The first-order valence-electron chi connectivity index (χ1n) is 5.02. The van der Waals surface area contributed by atoms with Gasteiger partial charge in [-0.3, -0.25) is 4.79 Å². The van der Waals surface area contributed by atoms with E-state index in [9.17, 15) is 9.18 Å². The van der Waals surface area contributed by atoms with Crippen LogP contribution >= 0.6 is 11.3 Å². The number of benzene rings is 1. The molecule has 0 saturated heterocycles. The van der Waals surface area contributed by atoms with Gasteiger partial charge < -0.3 is 11.1 Å². The molecule has 0 radical (unpaired) electrons. The van der Waals surface area contributed by atoms with E-state index in [1.165, 1.54) is 12.1 Å². The summed E-state index contributed by atoms with van der Waals surface area (Å²) in [4.78, 5) is 12.7. The largest absolute Gasteiger partial charge is 0.396 e. The molecule has 0 unspecified atom stereocenters. The Balaban J connectivity index is 2.02. The molecule has 0 spiro atoms. The highest BCUT2D eigenvalue weighted by Crippen LogP contribution is 2.12. The van der Waals surface area contributed by atoms with Crippen molar-refractivity contribution in [3.8, 4) is 0 Å². The predicted octanol–water partition coefficient (Wildman–Crippen LogP) is 2.40. The minimum absolute atomic E-state index is 0.0415. The van der Waals surface area contributed by atoms with E-state index in [1.54, 1.807) is 11.3 Å². The summed E-state index contributed by atoms with van der Waals surface area (Å²) in [7, 11) is 0. The lowest BCUT2D eigenvalue weighted by molar-refractivity contribution is 0.0951. The third-order valence-corrected chi connectivity index (χ3v) is 3.14. The minimum atomic E-state index is -0.575. The van der Waals surface area contributed by atoms with Gasteiger partial charge in [-0.25, -0.2) is 4.39 Å². The van der Waals surface area contributed by atoms with Crippen molar-refractivity contribution in [2.24, 2.45) is 0 Å². The van der Waals surface area contributed by atoms with E-state index in [0.717, 1.165) is 10.9 Å².